The van der Waals surface area contributed by atoms with Gasteiger partial charge in [0.1, 0.15) is 12.5 Å². The molecule has 0 aromatic heterocycles. The fourth-order valence-electron chi connectivity index (χ4n) is 3.07. The summed E-state index contributed by atoms with van der Waals surface area (Å²) >= 11 is 0. The Balaban J connectivity index is 2.87. The van der Waals surface area contributed by atoms with Crippen LogP contribution in [0, 0.1) is 0 Å². The van der Waals surface area contributed by atoms with Crippen LogP contribution < -0.4 is 0 Å². The van der Waals surface area contributed by atoms with E-state index in [-0.39, 0.29) is 18.9 Å². The minimum atomic E-state index is -1.28. The standard InChI is InChI=1S/C27H36O8/c1-21-13-7-3-2-4-8-14-22(28)19-23(29)15-9-5-10-16-24(35-27(33)20-25(30)31)17-11-6-12-18-26(32)34-21/h2,4-6,8-12,14,16,18,21-24,28-29H,3,7,13,15,17,19-20H2,1H3,(H,30,31)/b4-2+,9-5-,11-6+,14-8+,16-10+,18-12-. The zero-order chi connectivity index (χ0) is 25.9. The van der Waals surface area contributed by atoms with Crippen molar-refractivity contribution in [3.63, 3.8) is 0 Å². The average molecular weight is 489 g/mol. The van der Waals surface area contributed by atoms with Gasteiger partial charge in [0.05, 0.1) is 18.3 Å². The fraction of sp³-hybridized carbons (Fsp3) is 0.444. The summed E-state index contributed by atoms with van der Waals surface area (Å²) in [7, 11) is 0. The third kappa shape index (κ3) is 16.9. The molecule has 0 aromatic rings. The van der Waals surface area contributed by atoms with E-state index in [0.717, 1.165) is 12.8 Å². The van der Waals surface area contributed by atoms with Crippen molar-refractivity contribution in [3.8, 4) is 0 Å². The predicted molar refractivity (Wildman–Crippen MR) is 132 cm³/mol. The van der Waals surface area contributed by atoms with Crippen molar-refractivity contribution in [2.75, 3.05) is 0 Å². The van der Waals surface area contributed by atoms with Crippen molar-refractivity contribution in [1.29, 1.82) is 0 Å². The van der Waals surface area contributed by atoms with Crippen molar-refractivity contribution >= 4 is 17.9 Å². The molecule has 4 atom stereocenters. The number of carboxylic acid groups (broad SMARTS) is 1. The molecule has 35 heavy (non-hydrogen) atoms. The summed E-state index contributed by atoms with van der Waals surface area (Å²) in [4.78, 5) is 34.4. The molecular weight excluding hydrogens is 452 g/mol. The smallest absolute Gasteiger partial charge is 0.331 e. The molecule has 0 aliphatic carbocycles. The maximum absolute atomic E-state index is 11.9. The molecule has 0 spiro atoms. The second-order valence-corrected chi connectivity index (χ2v) is 8.12. The van der Waals surface area contributed by atoms with Crippen molar-refractivity contribution in [1.82, 2.24) is 0 Å². The summed E-state index contributed by atoms with van der Waals surface area (Å²) in [5.74, 6) is -2.60. The first-order valence-corrected chi connectivity index (χ1v) is 11.7. The highest BCUT2D eigenvalue weighted by molar-refractivity contribution is 5.90. The molecule has 1 aliphatic rings. The molecule has 192 valence electrons. The molecule has 0 saturated heterocycles. The van der Waals surface area contributed by atoms with Crippen LogP contribution in [0.3, 0.4) is 0 Å². The van der Waals surface area contributed by atoms with Crippen molar-refractivity contribution in [2.45, 2.75) is 76.3 Å². The summed E-state index contributed by atoms with van der Waals surface area (Å²) in [6, 6.07) is 0. The van der Waals surface area contributed by atoms with E-state index in [1.807, 2.05) is 19.1 Å². The molecule has 3 N–H and O–H groups in total. The number of hydrogen-bond acceptors (Lipinski definition) is 7. The maximum Gasteiger partial charge on any atom is 0.331 e. The monoisotopic (exact) mass is 488 g/mol. The normalized spacial score (nSPS) is 31.0. The van der Waals surface area contributed by atoms with Crippen molar-refractivity contribution in [3.05, 3.63) is 72.9 Å². The molecular formula is C27H36O8. The van der Waals surface area contributed by atoms with E-state index < -0.39 is 42.6 Å². The summed E-state index contributed by atoms with van der Waals surface area (Å²) in [5, 5.41) is 28.9. The SMILES string of the molecule is CC1CCC/C=C/C=C/C(O)CC(O)C/C=C\C=C\C(OC(=O)CC(=O)O)C/C=C/C=C\C(=O)O1. The zero-order valence-corrected chi connectivity index (χ0v) is 20.1. The lowest BCUT2D eigenvalue weighted by Gasteiger charge is -2.12. The van der Waals surface area contributed by atoms with Gasteiger partial charge in [-0.1, -0.05) is 60.8 Å². The number of carboxylic acids is 1. The molecule has 0 amide bonds. The van der Waals surface area contributed by atoms with Crippen LogP contribution in [-0.2, 0) is 23.9 Å². The number of aliphatic hydroxyl groups is 2. The molecule has 0 radical (unpaired) electrons. The predicted octanol–water partition coefficient (Wildman–Crippen LogP) is 3.72. The summed E-state index contributed by atoms with van der Waals surface area (Å²) in [5.41, 5.74) is 0. The van der Waals surface area contributed by atoms with E-state index in [9.17, 15) is 24.6 Å². The summed E-state index contributed by atoms with van der Waals surface area (Å²) < 4.78 is 10.5. The summed E-state index contributed by atoms with van der Waals surface area (Å²) in [6.45, 7) is 1.83. The van der Waals surface area contributed by atoms with Gasteiger partial charge < -0.3 is 24.8 Å². The topological polar surface area (TPSA) is 130 Å². The van der Waals surface area contributed by atoms with E-state index in [1.54, 1.807) is 48.6 Å². The molecule has 8 nitrogen and oxygen atoms in total. The maximum atomic E-state index is 11.9. The average Bonchev–Trinajstić information content (AvgIpc) is 2.76. The molecule has 0 fully saturated rings. The van der Waals surface area contributed by atoms with Crippen LogP contribution in [0.1, 0.15) is 51.9 Å². The Morgan fingerprint density at radius 1 is 1.00 bits per heavy atom. The largest absolute Gasteiger partial charge is 0.481 e. The Labute approximate surface area is 206 Å². The fourth-order valence-corrected chi connectivity index (χ4v) is 3.07. The van der Waals surface area contributed by atoms with Crippen LogP contribution in [0.25, 0.3) is 0 Å². The van der Waals surface area contributed by atoms with Gasteiger partial charge in [0.15, 0.2) is 0 Å². The Morgan fingerprint density at radius 2 is 1.69 bits per heavy atom. The number of aliphatic hydroxyl groups excluding tert-OH is 2. The third-order valence-electron chi connectivity index (χ3n) is 4.80. The van der Waals surface area contributed by atoms with Gasteiger partial charge in [0, 0.05) is 18.9 Å². The zero-order valence-electron chi connectivity index (χ0n) is 20.1. The van der Waals surface area contributed by atoms with Gasteiger partial charge in [-0.2, -0.15) is 0 Å². The minimum absolute atomic E-state index is 0.189. The Kier molecular flexibility index (Phi) is 15.4. The van der Waals surface area contributed by atoms with E-state index in [4.69, 9.17) is 14.6 Å². The molecule has 1 aliphatic heterocycles. The second-order valence-electron chi connectivity index (χ2n) is 8.12. The van der Waals surface area contributed by atoms with E-state index in [0.29, 0.717) is 12.8 Å². The molecule has 4 unspecified atom stereocenters. The van der Waals surface area contributed by atoms with Crippen LogP contribution in [0.2, 0.25) is 0 Å². The Hall–Kier alpha value is -3.23. The van der Waals surface area contributed by atoms with Crippen molar-refractivity contribution < 1.29 is 39.2 Å². The number of ether oxygens (including phenoxy) is 2. The van der Waals surface area contributed by atoms with Gasteiger partial charge in [-0.05, 0) is 38.7 Å². The number of esters is 2. The van der Waals surface area contributed by atoms with Gasteiger partial charge in [-0.25, -0.2) is 4.79 Å². The van der Waals surface area contributed by atoms with Gasteiger partial charge in [-0.3, -0.25) is 9.59 Å². The lowest BCUT2D eigenvalue weighted by atomic mass is 10.1. The number of carbonyl (C=O) groups is 3. The quantitative estimate of drug-likeness (QED) is 0.405. The first-order chi connectivity index (χ1) is 16.8. The number of rotatable bonds is 3. The van der Waals surface area contributed by atoms with Gasteiger partial charge in [0.2, 0.25) is 0 Å². The number of allylic oxidation sites excluding steroid dienone is 7. The molecule has 0 saturated carbocycles. The van der Waals surface area contributed by atoms with Crippen LogP contribution in [0.5, 0.6) is 0 Å². The third-order valence-corrected chi connectivity index (χ3v) is 4.80. The number of cyclic esters (lactones) is 1. The lowest BCUT2D eigenvalue weighted by Crippen LogP contribution is -2.18. The highest BCUT2D eigenvalue weighted by Gasteiger charge is 2.14. The molecule has 8 heteroatoms. The first kappa shape index (κ1) is 29.8. The van der Waals surface area contributed by atoms with Crippen LogP contribution in [0.15, 0.2) is 72.9 Å². The lowest BCUT2D eigenvalue weighted by molar-refractivity contribution is -0.153. The molecule has 0 bridgehead atoms. The van der Waals surface area contributed by atoms with Gasteiger partial charge >= 0.3 is 17.9 Å². The van der Waals surface area contributed by atoms with Crippen molar-refractivity contribution in [2.24, 2.45) is 0 Å². The number of aliphatic carboxylic acids is 1. The number of hydrogen-bond donors (Lipinski definition) is 3. The first-order valence-electron chi connectivity index (χ1n) is 11.7. The minimum Gasteiger partial charge on any atom is -0.481 e. The molecule has 1 heterocycles. The number of carbonyl (C=O) groups excluding carboxylic acids is 2. The Bertz CT molecular complexity index is 834. The van der Waals surface area contributed by atoms with Crippen LogP contribution in [0.4, 0.5) is 0 Å². The van der Waals surface area contributed by atoms with E-state index in [2.05, 4.69) is 0 Å². The highest BCUT2D eigenvalue weighted by Crippen LogP contribution is 2.09. The van der Waals surface area contributed by atoms with Crippen LogP contribution in [-0.4, -0.2) is 57.6 Å². The molecule has 0 aromatic carbocycles. The van der Waals surface area contributed by atoms with Crippen LogP contribution >= 0.6 is 0 Å². The highest BCUT2D eigenvalue weighted by atomic mass is 16.5. The van der Waals surface area contributed by atoms with E-state index in [1.165, 1.54) is 12.2 Å². The van der Waals surface area contributed by atoms with E-state index >= 15 is 0 Å². The second kappa shape index (κ2) is 18.1. The molecule has 1 rings (SSSR count). The van der Waals surface area contributed by atoms with Gasteiger partial charge in [0.25, 0.3) is 0 Å². The summed E-state index contributed by atoms with van der Waals surface area (Å²) in [6.07, 6.45) is 19.9. The van der Waals surface area contributed by atoms with Gasteiger partial charge in [-0.15, -0.1) is 0 Å². The Morgan fingerprint density at radius 3 is 2.46 bits per heavy atom.